The highest BCUT2D eigenvalue weighted by Gasteiger charge is 2.10. The molecular formula is C11H13N5O. The number of nitrogens with one attached hydrogen (secondary N) is 3. The maximum absolute atomic E-state index is 11.8. The maximum atomic E-state index is 11.8. The van der Waals surface area contributed by atoms with Gasteiger partial charge in [0.15, 0.2) is 5.69 Å². The van der Waals surface area contributed by atoms with Gasteiger partial charge in [-0.2, -0.15) is 15.4 Å². The zero-order chi connectivity index (χ0) is 12.1. The topological polar surface area (TPSA) is 82.7 Å². The van der Waals surface area contributed by atoms with Gasteiger partial charge in [-0.3, -0.25) is 4.79 Å². The van der Waals surface area contributed by atoms with Gasteiger partial charge in [-0.1, -0.05) is 18.2 Å². The number of hydrogen-bond acceptors (Lipinski definition) is 4. The van der Waals surface area contributed by atoms with Crippen molar-refractivity contribution in [3.63, 3.8) is 0 Å². The lowest BCUT2D eigenvalue weighted by Gasteiger charge is -2.09. The molecule has 0 radical (unpaired) electrons. The fraction of sp³-hybridized carbons (Fsp3) is 0.182. The summed E-state index contributed by atoms with van der Waals surface area (Å²) in [4.78, 5) is 11.8. The molecule has 0 aliphatic rings. The fourth-order valence-corrected chi connectivity index (χ4v) is 1.48. The second-order valence-corrected chi connectivity index (χ2v) is 3.50. The van der Waals surface area contributed by atoms with Gasteiger partial charge in [0.25, 0.3) is 5.91 Å². The molecule has 0 saturated heterocycles. The molecule has 0 spiro atoms. The predicted molar refractivity (Wildman–Crippen MR) is 63.5 cm³/mol. The van der Waals surface area contributed by atoms with Gasteiger partial charge < -0.3 is 10.6 Å². The Balaban J connectivity index is 2.15. The molecule has 0 fully saturated rings. The minimum Gasteiger partial charge on any atom is -0.320 e. The number of H-pyrrole nitrogens is 1. The number of carbonyl (C=O) groups excluding carboxylic acids is 1. The largest absolute Gasteiger partial charge is 0.320 e. The monoisotopic (exact) mass is 231 g/mol. The highest BCUT2D eigenvalue weighted by molar-refractivity contribution is 6.02. The van der Waals surface area contributed by atoms with E-state index in [1.807, 2.05) is 31.3 Å². The molecule has 0 saturated carbocycles. The quantitative estimate of drug-likeness (QED) is 0.726. The summed E-state index contributed by atoms with van der Waals surface area (Å²) >= 11 is 0. The number of aromatic nitrogens is 3. The highest BCUT2D eigenvalue weighted by atomic mass is 16.2. The Labute approximate surface area is 98.4 Å². The van der Waals surface area contributed by atoms with Gasteiger partial charge in [0, 0.05) is 12.2 Å². The first kappa shape index (κ1) is 11.3. The standard InChI is InChI=1S/C11H13N5O/c1-12-6-8-4-2-3-5-9(8)14-11(17)10-7-13-16-15-10/h2-5,7,12H,6H2,1H3,(H,14,17)(H,13,15,16). The van der Waals surface area contributed by atoms with Gasteiger partial charge in [0.1, 0.15) is 0 Å². The first-order valence-electron chi connectivity index (χ1n) is 5.21. The third-order valence-corrected chi connectivity index (χ3v) is 2.28. The smallest absolute Gasteiger partial charge is 0.277 e. The first-order valence-corrected chi connectivity index (χ1v) is 5.21. The van der Waals surface area contributed by atoms with E-state index in [0.717, 1.165) is 11.3 Å². The average Bonchev–Trinajstić information content (AvgIpc) is 2.85. The molecule has 2 aromatic rings. The van der Waals surface area contributed by atoms with Gasteiger partial charge in [-0.05, 0) is 18.7 Å². The molecule has 0 unspecified atom stereocenters. The third kappa shape index (κ3) is 2.67. The number of hydrogen-bond donors (Lipinski definition) is 3. The van der Waals surface area contributed by atoms with Crippen LogP contribution in [0.1, 0.15) is 16.1 Å². The minimum atomic E-state index is -0.276. The molecule has 2 rings (SSSR count). The molecular weight excluding hydrogens is 218 g/mol. The van der Waals surface area contributed by atoms with E-state index in [1.54, 1.807) is 0 Å². The lowest BCUT2D eigenvalue weighted by molar-refractivity contribution is 0.102. The van der Waals surface area contributed by atoms with Crippen molar-refractivity contribution in [2.45, 2.75) is 6.54 Å². The average molecular weight is 231 g/mol. The Kier molecular flexibility index (Phi) is 3.46. The molecule has 1 aromatic carbocycles. The molecule has 0 aliphatic heterocycles. The van der Waals surface area contributed by atoms with E-state index in [9.17, 15) is 4.79 Å². The Morgan fingerprint density at radius 2 is 2.24 bits per heavy atom. The second-order valence-electron chi connectivity index (χ2n) is 3.50. The first-order chi connectivity index (χ1) is 8.31. The van der Waals surface area contributed by atoms with Crippen LogP contribution >= 0.6 is 0 Å². The van der Waals surface area contributed by atoms with Crippen molar-refractivity contribution in [1.82, 2.24) is 20.7 Å². The Morgan fingerprint density at radius 1 is 1.41 bits per heavy atom. The van der Waals surface area contributed by atoms with Crippen LogP contribution in [0.2, 0.25) is 0 Å². The van der Waals surface area contributed by atoms with E-state index < -0.39 is 0 Å². The summed E-state index contributed by atoms with van der Waals surface area (Å²) < 4.78 is 0. The van der Waals surface area contributed by atoms with Gasteiger partial charge in [-0.25, -0.2) is 0 Å². The van der Waals surface area contributed by atoms with Gasteiger partial charge >= 0.3 is 0 Å². The molecule has 88 valence electrons. The second kappa shape index (κ2) is 5.22. The molecule has 1 heterocycles. The predicted octanol–water partition coefficient (Wildman–Crippen LogP) is 0.776. The van der Waals surface area contributed by atoms with Crippen molar-refractivity contribution in [3.8, 4) is 0 Å². The number of nitrogens with zero attached hydrogens (tertiary/aromatic N) is 2. The molecule has 0 atom stereocenters. The van der Waals surface area contributed by atoms with Gasteiger partial charge in [0.2, 0.25) is 0 Å². The van der Waals surface area contributed by atoms with E-state index in [0.29, 0.717) is 6.54 Å². The van der Waals surface area contributed by atoms with Gasteiger partial charge in [-0.15, -0.1) is 0 Å². The summed E-state index contributed by atoms with van der Waals surface area (Å²) in [6.07, 6.45) is 1.38. The maximum Gasteiger partial charge on any atom is 0.277 e. The zero-order valence-corrected chi connectivity index (χ0v) is 9.40. The SMILES string of the molecule is CNCc1ccccc1NC(=O)c1cn[nH]n1. The van der Waals surface area contributed by atoms with Crippen LogP contribution in [-0.2, 0) is 6.54 Å². The number of anilines is 1. The summed E-state index contributed by atoms with van der Waals surface area (Å²) in [6, 6.07) is 7.61. The molecule has 3 N–H and O–H groups in total. The van der Waals surface area contributed by atoms with Crippen molar-refractivity contribution in [2.75, 3.05) is 12.4 Å². The van der Waals surface area contributed by atoms with Gasteiger partial charge in [0.05, 0.1) is 6.20 Å². The van der Waals surface area contributed by atoms with Crippen LogP contribution in [-0.4, -0.2) is 28.4 Å². The zero-order valence-electron chi connectivity index (χ0n) is 9.40. The van der Waals surface area contributed by atoms with Crippen LogP contribution < -0.4 is 10.6 Å². The minimum absolute atomic E-state index is 0.268. The summed E-state index contributed by atoms with van der Waals surface area (Å²) in [5.41, 5.74) is 2.06. The van der Waals surface area contributed by atoms with Crippen LogP contribution in [0, 0.1) is 0 Å². The Hall–Kier alpha value is -2.21. The molecule has 1 aromatic heterocycles. The third-order valence-electron chi connectivity index (χ3n) is 2.28. The normalized spacial score (nSPS) is 10.2. The molecule has 0 aliphatic carbocycles. The lowest BCUT2D eigenvalue weighted by Crippen LogP contribution is -2.15. The van der Waals surface area contributed by atoms with Crippen molar-refractivity contribution in [2.24, 2.45) is 0 Å². The van der Waals surface area contributed by atoms with Crippen molar-refractivity contribution >= 4 is 11.6 Å². The Morgan fingerprint density at radius 3 is 2.94 bits per heavy atom. The summed E-state index contributed by atoms with van der Waals surface area (Å²) in [6.45, 7) is 0.690. The summed E-state index contributed by atoms with van der Waals surface area (Å²) in [7, 11) is 1.86. The number of aromatic amines is 1. The number of amides is 1. The molecule has 1 amide bonds. The van der Waals surface area contributed by atoms with Crippen LogP contribution in [0.15, 0.2) is 30.5 Å². The number of rotatable bonds is 4. The van der Waals surface area contributed by atoms with Crippen molar-refractivity contribution < 1.29 is 4.79 Å². The van der Waals surface area contributed by atoms with Crippen LogP contribution in [0.5, 0.6) is 0 Å². The van der Waals surface area contributed by atoms with Crippen LogP contribution in [0.25, 0.3) is 0 Å². The highest BCUT2D eigenvalue weighted by Crippen LogP contribution is 2.15. The number of carbonyl (C=O) groups is 1. The fourth-order valence-electron chi connectivity index (χ4n) is 1.48. The van der Waals surface area contributed by atoms with E-state index >= 15 is 0 Å². The molecule has 0 bridgehead atoms. The van der Waals surface area contributed by atoms with Crippen molar-refractivity contribution in [1.29, 1.82) is 0 Å². The lowest BCUT2D eigenvalue weighted by atomic mass is 10.1. The number of benzene rings is 1. The van der Waals surface area contributed by atoms with Crippen LogP contribution in [0.4, 0.5) is 5.69 Å². The molecule has 6 nitrogen and oxygen atoms in total. The molecule has 17 heavy (non-hydrogen) atoms. The Bertz CT molecular complexity index is 494. The summed E-state index contributed by atoms with van der Waals surface area (Å²) in [5.74, 6) is -0.276. The van der Waals surface area contributed by atoms with Crippen LogP contribution in [0.3, 0.4) is 0 Å². The van der Waals surface area contributed by atoms with E-state index in [2.05, 4.69) is 26.0 Å². The van der Waals surface area contributed by atoms with Crippen molar-refractivity contribution in [3.05, 3.63) is 41.7 Å². The summed E-state index contributed by atoms with van der Waals surface area (Å²) in [5, 5.41) is 15.6. The van der Waals surface area contributed by atoms with E-state index in [4.69, 9.17) is 0 Å². The molecule has 6 heteroatoms. The van der Waals surface area contributed by atoms with E-state index in [-0.39, 0.29) is 11.6 Å². The number of para-hydroxylation sites is 1. The van der Waals surface area contributed by atoms with E-state index in [1.165, 1.54) is 6.20 Å².